The van der Waals surface area contributed by atoms with Crippen LogP contribution in [-0.4, -0.2) is 80.1 Å². The molecule has 9 nitrogen and oxygen atoms in total. The molecule has 0 radical (unpaired) electrons. The van der Waals surface area contributed by atoms with Crippen LogP contribution in [0.3, 0.4) is 0 Å². The van der Waals surface area contributed by atoms with Crippen LogP contribution in [0.15, 0.2) is 48.5 Å². The zero-order valence-electron chi connectivity index (χ0n) is 19.9. The van der Waals surface area contributed by atoms with Crippen molar-refractivity contribution in [3.8, 4) is 11.1 Å². The molecular formula is C26H30N2O7. The monoisotopic (exact) mass is 482 g/mol. The standard InChI is InChI=1S/C26H30N2O7/c1-26(16-33-2,24(31)28-11-12-34-14-17(13-28)23(29)30)27-25(32)35-15-22-20-9-5-3-7-18(20)19-8-4-6-10-21(19)22/h3-10,17,22H,11-16H2,1-2H3,(H,27,32)(H,29,30). The fourth-order valence-corrected chi connectivity index (χ4v) is 4.79. The highest BCUT2D eigenvalue weighted by Gasteiger charge is 2.41. The van der Waals surface area contributed by atoms with Gasteiger partial charge in [0.15, 0.2) is 0 Å². The number of hydrogen-bond acceptors (Lipinski definition) is 6. The number of carboxylic acids is 1. The third-order valence-corrected chi connectivity index (χ3v) is 6.53. The quantitative estimate of drug-likeness (QED) is 0.623. The van der Waals surface area contributed by atoms with Gasteiger partial charge < -0.3 is 29.5 Å². The van der Waals surface area contributed by atoms with Crippen molar-refractivity contribution >= 4 is 18.0 Å². The molecule has 4 rings (SSSR count). The lowest BCUT2D eigenvalue weighted by Crippen LogP contribution is -2.61. The molecule has 0 aromatic heterocycles. The van der Waals surface area contributed by atoms with E-state index < -0.39 is 29.4 Å². The number of methoxy groups -OCH3 is 1. The topological polar surface area (TPSA) is 114 Å². The highest BCUT2D eigenvalue weighted by molar-refractivity contribution is 5.90. The maximum absolute atomic E-state index is 13.4. The van der Waals surface area contributed by atoms with E-state index in [9.17, 15) is 19.5 Å². The molecule has 2 N–H and O–H groups in total. The second kappa shape index (κ2) is 10.5. The van der Waals surface area contributed by atoms with Crippen molar-refractivity contribution in [2.45, 2.75) is 18.4 Å². The van der Waals surface area contributed by atoms with Gasteiger partial charge in [-0.25, -0.2) is 4.79 Å². The van der Waals surface area contributed by atoms with Gasteiger partial charge in [0.05, 0.1) is 25.7 Å². The van der Waals surface area contributed by atoms with Crippen LogP contribution in [0.1, 0.15) is 24.0 Å². The Kier molecular flexibility index (Phi) is 7.37. The molecule has 0 bridgehead atoms. The van der Waals surface area contributed by atoms with Crippen molar-refractivity contribution in [3.63, 3.8) is 0 Å². The van der Waals surface area contributed by atoms with Gasteiger partial charge in [-0.15, -0.1) is 0 Å². The van der Waals surface area contributed by atoms with Gasteiger partial charge in [-0.05, 0) is 29.2 Å². The van der Waals surface area contributed by atoms with Gasteiger partial charge in [-0.2, -0.15) is 0 Å². The first kappa shape index (κ1) is 24.7. The summed E-state index contributed by atoms with van der Waals surface area (Å²) in [5.74, 6) is -2.45. The van der Waals surface area contributed by atoms with E-state index in [0.717, 1.165) is 22.3 Å². The summed E-state index contributed by atoms with van der Waals surface area (Å²) in [7, 11) is 1.43. The van der Waals surface area contributed by atoms with Crippen LogP contribution in [0.2, 0.25) is 0 Å². The molecular weight excluding hydrogens is 452 g/mol. The number of rotatable bonds is 7. The van der Waals surface area contributed by atoms with E-state index in [1.54, 1.807) is 6.92 Å². The summed E-state index contributed by atoms with van der Waals surface area (Å²) in [6.07, 6.45) is -0.749. The molecule has 35 heavy (non-hydrogen) atoms. The van der Waals surface area contributed by atoms with Crippen molar-refractivity contribution in [1.29, 1.82) is 0 Å². The molecule has 1 heterocycles. The molecule has 2 aromatic carbocycles. The molecule has 2 aromatic rings. The molecule has 2 unspecified atom stereocenters. The minimum atomic E-state index is -1.44. The van der Waals surface area contributed by atoms with Gasteiger partial charge in [0.2, 0.25) is 0 Å². The number of carbonyl (C=O) groups is 3. The highest BCUT2D eigenvalue weighted by atomic mass is 16.5. The van der Waals surface area contributed by atoms with E-state index in [1.807, 2.05) is 36.4 Å². The van der Waals surface area contributed by atoms with Crippen LogP contribution >= 0.6 is 0 Å². The number of nitrogens with one attached hydrogen (secondary N) is 1. The molecule has 1 aliphatic heterocycles. The minimum absolute atomic E-state index is 0.0140. The molecule has 1 saturated heterocycles. The molecule has 2 amide bonds. The Morgan fingerprint density at radius 1 is 1.11 bits per heavy atom. The van der Waals surface area contributed by atoms with Crippen molar-refractivity contribution in [2.75, 3.05) is 46.6 Å². The lowest BCUT2D eigenvalue weighted by molar-refractivity contribution is -0.145. The summed E-state index contributed by atoms with van der Waals surface area (Å²) in [6.45, 7) is 1.99. The van der Waals surface area contributed by atoms with Crippen molar-refractivity contribution in [2.24, 2.45) is 5.92 Å². The Morgan fingerprint density at radius 2 is 1.74 bits per heavy atom. The van der Waals surface area contributed by atoms with Crippen LogP contribution < -0.4 is 5.32 Å². The van der Waals surface area contributed by atoms with Crippen molar-refractivity contribution < 1.29 is 33.7 Å². The van der Waals surface area contributed by atoms with Crippen molar-refractivity contribution in [3.05, 3.63) is 59.7 Å². The summed E-state index contributed by atoms with van der Waals surface area (Å²) < 4.78 is 16.2. The lowest BCUT2D eigenvalue weighted by Gasteiger charge is -2.34. The molecule has 9 heteroatoms. The Balaban J connectivity index is 1.45. The average molecular weight is 483 g/mol. The van der Waals surface area contributed by atoms with Gasteiger partial charge in [-0.1, -0.05) is 48.5 Å². The van der Waals surface area contributed by atoms with Crippen molar-refractivity contribution in [1.82, 2.24) is 10.2 Å². The Hall–Kier alpha value is -3.43. The minimum Gasteiger partial charge on any atom is -0.481 e. The number of nitrogens with zero attached hydrogens (tertiary/aromatic N) is 1. The van der Waals surface area contributed by atoms with Gasteiger partial charge in [-0.3, -0.25) is 9.59 Å². The first-order valence-corrected chi connectivity index (χ1v) is 11.6. The number of hydrogen-bond donors (Lipinski definition) is 2. The Morgan fingerprint density at radius 3 is 2.34 bits per heavy atom. The summed E-state index contributed by atoms with van der Waals surface area (Å²) >= 11 is 0. The predicted molar refractivity (Wildman–Crippen MR) is 127 cm³/mol. The summed E-state index contributed by atoms with van der Waals surface area (Å²) in [6, 6.07) is 16.0. The lowest BCUT2D eigenvalue weighted by atomic mass is 9.98. The summed E-state index contributed by atoms with van der Waals surface area (Å²) in [5.41, 5.74) is 2.97. The van der Waals surface area contributed by atoms with E-state index in [1.165, 1.54) is 12.0 Å². The van der Waals surface area contributed by atoms with Gasteiger partial charge >= 0.3 is 12.1 Å². The van der Waals surface area contributed by atoms with Crippen LogP contribution in [0.25, 0.3) is 11.1 Å². The van der Waals surface area contributed by atoms with E-state index in [2.05, 4.69) is 17.4 Å². The number of ether oxygens (including phenoxy) is 3. The predicted octanol–water partition coefficient (Wildman–Crippen LogP) is 2.49. The normalized spacial score (nSPS) is 19.1. The molecule has 1 fully saturated rings. The highest BCUT2D eigenvalue weighted by Crippen LogP contribution is 2.44. The van der Waals surface area contributed by atoms with Crippen LogP contribution in [0.4, 0.5) is 4.79 Å². The maximum atomic E-state index is 13.4. The fraction of sp³-hybridized carbons (Fsp3) is 0.423. The van der Waals surface area contributed by atoms with E-state index in [-0.39, 0.29) is 45.4 Å². The largest absolute Gasteiger partial charge is 0.481 e. The number of carboxylic acid groups (broad SMARTS) is 1. The van der Waals surface area contributed by atoms with E-state index in [4.69, 9.17) is 14.2 Å². The number of carbonyl (C=O) groups excluding carboxylic acids is 2. The zero-order chi connectivity index (χ0) is 25.0. The Labute approximate surface area is 204 Å². The number of alkyl carbamates (subject to hydrolysis) is 1. The molecule has 2 atom stereocenters. The average Bonchev–Trinajstić information content (AvgIpc) is 2.97. The Bertz CT molecular complexity index is 1060. The number of benzene rings is 2. The first-order valence-electron chi connectivity index (χ1n) is 11.6. The molecule has 1 aliphatic carbocycles. The summed E-state index contributed by atoms with van der Waals surface area (Å²) in [5, 5.41) is 12.1. The van der Waals surface area contributed by atoms with Crippen LogP contribution in [0, 0.1) is 5.92 Å². The van der Waals surface area contributed by atoms with Gasteiger partial charge in [0, 0.05) is 26.1 Å². The molecule has 186 valence electrons. The third kappa shape index (κ3) is 5.16. The van der Waals surface area contributed by atoms with Crippen LogP contribution in [-0.2, 0) is 23.8 Å². The molecule has 2 aliphatic rings. The number of amides is 2. The smallest absolute Gasteiger partial charge is 0.408 e. The van der Waals surface area contributed by atoms with Gasteiger partial charge in [0.1, 0.15) is 12.1 Å². The maximum Gasteiger partial charge on any atom is 0.408 e. The van der Waals surface area contributed by atoms with E-state index >= 15 is 0 Å². The SMILES string of the molecule is COCC(C)(NC(=O)OCC1c2ccccc2-c2ccccc21)C(=O)N1CCOCC(C(=O)O)C1. The second-order valence-electron chi connectivity index (χ2n) is 9.08. The van der Waals surface area contributed by atoms with Gasteiger partial charge in [0.25, 0.3) is 5.91 Å². The first-order chi connectivity index (χ1) is 16.8. The molecule has 0 saturated carbocycles. The number of fused-ring (bicyclic) bond motifs is 3. The third-order valence-electron chi connectivity index (χ3n) is 6.53. The second-order valence-corrected chi connectivity index (χ2v) is 9.08. The van der Waals surface area contributed by atoms with Crippen LogP contribution in [0.5, 0.6) is 0 Å². The summed E-state index contributed by atoms with van der Waals surface area (Å²) in [4.78, 5) is 39.1. The molecule has 0 spiro atoms. The zero-order valence-corrected chi connectivity index (χ0v) is 19.9. The number of aliphatic carboxylic acids is 1. The van der Waals surface area contributed by atoms with E-state index in [0.29, 0.717) is 0 Å². The fourth-order valence-electron chi connectivity index (χ4n) is 4.79.